The van der Waals surface area contributed by atoms with E-state index in [4.69, 9.17) is 4.52 Å². The van der Waals surface area contributed by atoms with Crippen molar-refractivity contribution in [1.82, 2.24) is 15.5 Å². The average molecular weight is 347 g/mol. The van der Waals surface area contributed by atoms with E-state index in [0.717, 1.165) is 5.69 Å². The summed E-state index contributed by atoms with van der Waals surface area (Å²) in [5.41, 5.74) is 1.15. The molecule has 0 aliphatic rings. The molecule has 2 N–H and O–H groups in total. The number of carbonyl (C=O) groups is 2. The van der Waals surface area contributed by atoms with Crippen molar-refractivity contribution in [2.24, 2.45) is 5.92 Å². The third-order valence-electron chi connectivity index (χ3n) is 4.66. The first kappa shape index (κ1) is 18.9. The minimum atomic E-state index is -0.958. The molecule has 0 radical (unpaired) electrons. The molecule has 0 aliphatic carbocycles. The standard InChI is InChI=1S/C18H25N3O4/c1-9(2)13-7-12(15-11(5)21-25-17(15)19-13)16(24)20-18(6,10(3)4)8-14(22)23/h7,9-10H,8H2,1-6H3,(H,20,24)(H,22,23). The van der Waals surface area contributed by atoms with Crippen LogP contribution in [0.25, 0.3) is 11.1 Å². The zero-order valence-corrected chi connectivity index (χ0v) is 15.5. The molecular formula is C18H25N3O4. The van der Waals surface area contributed by atoms with Gasteiger partial charge in [-0.05, 0) is 31.7 Å². The Morgan fingerprint density at radius 3 is 2.48 bits per heavy atom. The minimum absolute atomic E-state index is 0.0574. The van der Waals surface area contributed by atoms with E-state index >= 15 is 0 Å². The van der Waals surface area contributed by atoms with Gasteiger partial charge in [0.1, 0.15) is 0 Å². The highest BCUT2D eigenvalue weighted by Gasteiger charge is 2.34. The molecule has 2 aromatic rings. The van der Waals surface area contributed by atoms with Gasteiger partial charge in [-0.2, -0.15) is 0 Å². The number of nitrogens with one attached hydrogen (secondary N) is 1. The number of aliphatic carboxylic acids is 1. The molecule has 0 bridgehead atoms. The minimum Gasteiger partial charge on any atom is -0.481 e. The Labute approximate surface area is 146 Å². The number of carboxylic acid groups (broad SMARTS) is 1. The number of rotatable bonds is 6. The van der Waals surface area contributed by atoms with Crippen LogP contribution in [0.1, 0.15) is 68.7 Å². The van der Waals surface area contributed by atoms with E-state index in [0.29, 0.717) is 22.4 Å². The van der Waals surface area contributed by atoms with Gasteiger partial charge in [0.05, 0.1) is 28.6 Å². The van der Waals surface area contributed by atoms with Crippen LogP contribution in [0.5, 0.6) is 0 Å². The van der Waals surface area contributed by atoms with Gasteiger partial charge in [0.25, 0.3) is 11.6 Å². The van der Waals surface area contributed by atoms with Crippen LogP contribution in [0, 0.1) is 12.8 Å². The summed E-state index contributed by atoms with van der Waals surface area (Å²) in [7, 11) is 0. The summed E-state index contributed by atoms with van der Waals surface area (Å²) in [4.78, 5) is 28.6. The molecule has 2 aromatic heterocycles. The van der Waals surface area contributed by atoms with Crippen LogP contribution >= 0.6 is 0 Å². The third kappa shape index (κ3) is 3.81. The predicted octanol–water partition coefficient (Wildman–Crippen LogP) is 3.27. The molecule has 7 heteroatoms. The van der Waals surface area contributed by atoms with Gasteiger partial charge in [-0.1, -0.05) is 32.9 Å². The van der Waals surface area contributed by atoms with E-state index in [2.05, 4.69) is 15.5 Å². The molecule has 7 nitrogen and oxygen atoms in total. The molecule has 0 saturated carbocycles. The summed E-state index contributed by atoms with van der Waals surface area (Å²) in [5.74, 6) is -1.26. The van der Waals surface area contributed by atoms with E-state index in [-0.39, 0.29) is 24.2 Å². The van der Waals surface area contributed by atoms with Crippen LogP contribution in [0.15, 0.2) is 10.6 Å². The second-order valence-corrected chi connectivity index (χ2v) is 7.29. The highest BCUT2D eigenvalue weighted by molar-refractivity contribution is 6.06. The molecule has 0 aromatic carbocycles. The number of amides is 1. The summed E-state index contributed by atoms with van der Waals surface area (Å²) in [5, 5.41) is 16.6. The van der Waals surface area contributed by atoms with E-state index < -0.39 is 11.5 Å². The summed E-state index contributed by atoms with van der Waals surface area (Å²) in [6.45, 7) is 11.2. The van der Waals surface area contributed by atoms with Gasteiger partial charge in [0.15, 0.2) is 0 Å². The number of aryl methyl sites for hydroxylation is 1. The number of nitrogens with zero attached hydrogens (tertiary/aromatic N) is 2. The van der Waals surface area contributed by atoms with Crippen molar-refractivity contribution in [1.29, 1.82) is 0 Å². The van der Waals surface area contributed by atoms with E-state index in [1.165, 1.54) is 0 Å². The van der Waals surface area contributed by atoms with Gasteiger partial charge in [-0.15, -0.1) is 0 Å². The first-order valence-corrected chi connectivity index (χ1v) is 8.36. The number of hydrogen-bond donors (Lipinski definition) is 2. The quantitative estimate of drug-likeness (QED) is 0.831. The van der Waals surface area contributed by atoms with Crippen LogP contribution in [0.3, 0.4) is 0 Å². The molecule has 2 heterocycles. The number of pyridine rings is 1. The van der Waals surface area contributed by atoms with Crippen molar-refractivity contribution in [3.8, 4) is 0 Å². The number of hydrogen-bond acceptors (Lipinski definition) is 5. The Balaban J connectivity index is 2.51. The Bertz CT molecular complexity index is 810. The van der Waals surface area contributed by atoms with Crippen LogP contribution in [-0.4, -0.2) is 32.7 Å². The average Bonchev–Trinajstić information content (AvgIpc) is 2.86. The van der Waals surface area contributed by atoms with Gasteiger partial charge in [-0.25, -0.2) is 4.98 Å². The van der Waals surface area contributed by atoms with Crippen LogP contribution in [-0.2, 0) is 4.79 Å². The molecule has 0 fully saturated rings. The van der Waals surface area contributed by atoms with Gasteiger partial charge < -0.3 is 14.9 Å². The fourth-order valence-corrected chi connectivity index (χ4v) is 2.62. The molecule has 2 rings (SSSR count). The first-order valence-electron chi connectivity index (χ1n) is 8.36. The van der Waals surface area contributed by atoms with Crippen LogP contribution in [0.4, 0.5) is 0 Å². The molecular weight excluding hydrogens is 322 g/mol. The normalized spacial score (nSPS) is 14.1. The lowest BCUT2D eigenvalue weighted by Crippen LogP contribution is -2.51. The van der Waals surface area contributed by atoms with Crippen LogP contribution < -0.4 is 5.32 Å². The Hall–Kier alpha value is -2.44. The van der Waals surface area contributed by atoms with E-state index in [1.807, 2.05) is 27.7 Å². The first-order chi connectivity index (χ1) is 11.5. The van der Waals surface area contributed by atoms with Crippen molar-refractivity contribution in [2.45, 2.75) is 59.4 Å². The summed E-state index contributed by atoms with van der Waals surface area (Å²) >= 11 is 0. The molecule has 1 unspecified atom stereocenters. The lowest BCUT2D eigenvalue weighted by molar-refractivity contribution is -0.138. The molecule has 0 spiro atoms. The summed E-state index contributed by atoms with van der Waals surface area (Å²) in [6, 6.07) is 1.73. The predicted molar refractivity (Wildman–Crippen MR) is 93.6 cm³/mol. The van der Waals surface area contributed by atoms with Gasteiger partial charge in [0.2, 0.25) is 0 Å². The molecule has 136 valence electrons. The van der Waals surface area contributed by atoms with E-state index in [1.54, 1.807) is 19.9 Å². The fraction of sp³-hybridized carbons (Fsp3) is 0.556. The number of aromatic nitrogens is 2. The van der Waals surface area contributed by atoms with Crippen molar-refractivity contribution in [3.63, 3.8) is 0 Å². The summed E-state index contributed by atoms with van der Waals surface area (Å²) in [6.07, 6.45) is -0.162. The topological polar surface area (TPSA) is 105 Å². The van der Waals surface area contributed by atoms with Gasteiger partial charge in [-0.3, -0.25) is 9.59 Å². The van der Waals surface area contributed by atoms with Crippen molar-refractivity contribution in [2.75, 3.05) is 0 Å². The summed E-state index contributed by atoms with van der Waals surface area (Å²) < 4.78 is 5.24. The van der Waals surface area contributed by atoms with Gasteiger partial charge >= 0.3 is 5.97 Å². The number of fused-ring (bicyclic) bond motifs is 1. The number of carboxylic acids is 1. The largest absolute Gasteiger partial charge is 0.481 e. The maximum absolute atomic E-state index is 13.0. The fourth-order valence-electron chi connectivity index (χ4n) is 2.62. The highest BCUT2D eigenvalue weighted by Crippen LogP contribution is 2.27. The second kappa shape index (κ2) is 6.82. The number of carbonyl (C=O) groups excluding carboxylic acids is 1. The lowest BCUT2D eigenvalue weighted by atomic mass is 9.84. The zero-order valence-electron chi connectivity index (χ0n) is 15.5. The molecule has 0 saturated heterocycles. The maximum atomic E-state index is 13.0. The monoisotopic (exact) mass is 347 g/mol. The Morgan fingerprint density at radius 2 is 1.96 bits per heavy atom. The SMILES string of the molecule is Cc1noc2nc(C(C)C)cc(C(=O)NC(C)(CC(=O)O)C(C)C)c12. The highest BCUT2D eigenvalue weighted by atomic mass is 16.5. The van der Waals surface area contributed by atoms with Gasteiger partial charge in [0, 0.05) is 5.69 Å². The smallest absolute Gasteiger partial charge is 0.305 e. The molecule has 25 heavy (non-hydrogen) atoms. The molecule has 1 amide bonds. The maximum Gasteiger partial charge on any atom is 0.305 e. The Morgan fingerprint density at radius 1 is 1.32 bits per heavy atom. The zero-order chi connectivity index (χ0) is 18.9. The van der Waals surface area contributed by atoms with Crippen LogP contribution in [0.2, 0.25) is 0 Å². The van der Waals surface area contributed by atoms with E-state index in [9.17, 15) is 14.7 Å². The lowest BCUT2D eigenvalue weighted by Gasteiger charge is -2.33. The Kier molecular flexibility index (Phi) is 5.15. The van der Waals surface area contributed by atoms with Crippen molar-refractivity contribution >= 4 is 23.0 Å². The molecule has 0 aliphatic heterocycles. The third-order valence-corrected chi connectivity index (χ3v) is 4.66. The second-order valence-electron chi connectivity index (χ2n) is 7.29. The van der Waals surface area contributed by atoms with Crippen molar-refractivity contribution in [3.05, 3.63) is 23.0 Å². The molecule has 1 atom stereocenters. The van der Waals surface area contributed by atoms with Crippen molar-refractivity contribution < 1.29 is 19.2 Å².